The molecule has 0 fully saturated rings. The third kappa shape index (κ3) is 4.26. The summed E-state index contributed by atoms with van der Waals surface area (Å²) in [5, 5.41) is 6.29. The maximum Gasteiger partial charge on any atom is 0.325 e. The van der Waals surface area contributed by atoms with Crippen molar-refractivity contribution in [1.82, 2.24) is 15.1 Å². The van der Waals surface area contributed by atoms with Crippen molar-refractivity contribution >= 4 is 11.9 Å². The number of rotatable bonds is 5. The van der Waals surface area contributed by atoms with Crippen molar-refractivity contribution in [2.45, 2.75) is 13.5 Å². The molecule has 1 amide bonds. The first-order valence-electron chi connectivity index (χ1n) is 4.62. The first kappa shape index (κ1) is 11.2. The number of carbonyl (C=O) groups is 2. The van der Waals surface area contributed by atoms with Crippen LogP contribution in [0.15, 0.2) is 18.5 Å². The van der Waals surface area contributed by atoms with Crippen molar-refractivity contribution in [2.75, 3.05) is 13.2 Å². The fourth-order valence-corrected chi connectivity index (χ4v) is 0.980. The van der Waals surface area contributed by atoms with Gasteiger partial charge in [0.25, 0.3) is 0 Å². The van der Waals surface area contributed by atoms with Crippen LogP contribution in [0.1, 0.15) is 6.92 Å². The SMILES string of the molecule is CCOC(=O)CNC(=O)Cn1cccn1. The Kier molecular flexibility index (Phi) is 4.33. The summed E-state index contributed by atoms with van der Waals surface area (Å²) in [5.74, 6) is -0.710. The minimum absolute atomic E-state index is 0.103. The molecule has 0 aliphatic heterocycles. The Morgan fingerprint density at radius 3 is 2.93 bits per heavy atom. The fourth-order valence-electron chi connectivity index (χ4n) is 0.980. The van der Waals surface area contributed by atoms with Gasteiger partial charge in [-0.2, -0.15) is 5.10 Å². The lowest BCUT2D eigenvalue weighted by Gasteiger charge is -2.04. The summed E-state index contributed by atoms with van der Waals surface area (Å²) in [6.07, 6.45) is 3.25. The van der Waals surface area contributed by atoms with Gasteiger partial charge >= 0.3 is 5.97 Å². The van der Waals surface area contributed by atoms with E-state index in [1.54, 1.807) is 25.4 Å². The Bertz CT molecular complexity index is 321. The number of ether oxygens (including phenoxy) is 1. The molecule has 1 heterocycles. The van der Waals surface area contributed by atoms with E-state index in [2.05, 4.69) is 15.2 Å². The van der Waals surface area contributed by atoms with Crippen LogP contribution in [0.2, 0.25) is 0 Å². The molecule has 0 saturated heterocycles. The zero-order chi connectivity index (χ0) is 11.1. The van der Waals surface area contributed by atoms with Crippen molar-refractivity contribution < 1.29 is 14.3 Å². The molecule has 0 atom stereocenters. The number of nitrogens with one attached hydrogen (secondary N) is 1. The third-order valence-electron chi connectivity index (χ3n) is 1.60. The quantitative estimate of drug-likeness (QED) is 0.670. The lowest BCUT2D eigenvalue weighted by molar-refractivity contribution is -0.143. The summed E-state index contributed by atoms with van der Waals surface area (Å²) in [4.78, 5) is 22.1. The van der Waals surface area contributed by atoms with Gasteiger partial charge in [0.05, 0.1) is 6.61 Å². The summed E-state index contributed by atoms with van der Waals surface area (Å²) in [6, 6.07) is 1.72. The van der Waals surface area contributed by atoms with Gasteiger partial charge in [0.2, 0.25) is 5.91 Å². The van der Waals surface area contributed by atoms with Gasteiger partial charge in [0, 0.05) is 12.4 Å². The highest BCUT2D eigenvalue weighted by atomic mass is 16.5. The highest BCUT2D eigenvalue weighted by Crippen LogP contribution is 1.84. The molecule has 1 N–H and O–H groups in total. The number of aromatic nitrogens is 2. The fraction of sp³-hybridized carbons (Fsp3) is 0.444. The molecule has 0 aromatic carbocycles. The first-order chi connectivity index (χ1) is 7.22. The number of hydrogen-bond donors (Lipinski definition) is 1. The van der Waals surface area contributed by atoms with Gasteiger partial charge in [0.1, 0.15) is 13.1 Å². The summed E-state index contributed by atoms with van der Waals surface area (Å²) < 4.78 is 6.12. The zero-order valence-corrected chi connectivity index (χ0v) is 8.47. The Morgan fingerprint density at radius 2 is 2.33 bits per heavy atom. The monoisotopic (exact) mass is 211 g/mol. The van der Waals surface area contributed by atoms with E-state index < -0.39 is 5.97 Å². The largest absolute Gasteiger partial charge is 0.465 e. The minimum Gasteiger partial charge on any atom is -0.465 e. The van der Waals surface area contributed by atoms with E-state index in [1.807, 2.05) is 0 Å². The topological polar surface area (TPSA) is 73.2 Å². The smallest absolute Gasteiger partial charge is 0.325 e. The Hall–Kier alpha value is -1.85. The number of esters is 1. The first-order valence-corrected chi connectivity index (χ1v) is 4.62. The molecule has 0 saturated carbocycles. The number of carbonyl (C=O) groups excluding carboxylic acids is 2. The van der Waals surface area contributed by atoms with Crippen LogP contribution in [0, 0.1) is 0 Å². The summed E-state index contributed by atoms with van der Waals surface area (Å²) in [7, 11) is 0. The third-order valence-corrected chi connectivity index (χ3v) is 1.60. The number of hydrogen-bond acceptors (Lipinski definition) is 4. The van der Waals surface area contributed by atoms with E-state index in [0.717, 1.165) is 0 Å². The van der Waals surface area contributed by atoms with Crippen molar-refractivity contribution in [3.8, 4) is 0 Å². The molecule has 0 radical (unpaired) electrons. The maximum absolute atomic E-state index is 11.2. The molecular formula is C9H13N3O3. The van der Waals surface area contributed by atoms with Crippen LogP contribution in [0.3, 0.4) is 0 Å². The molecular weight excluding hydrogens is 198 g/mol. The molecule has 0 aliphatic carbocycles. The van der Waals surface area contributed by atoms with Crippen LogP contribution in [0.5, 0.6) is 0 Å². The summed E-state index contributed by atoms with van der Waals surface area (Å²) in [5.41, 5.74) is 0. The molecule has 1 aromatic heterocycles. The van der Waals surface area contributed by atoms with Crippen LogP contribution in [-0.4, -0.2) is 34.8 Å². The Balaban J connectivity index is 2.22. The second-order valence-corrected chi connectivity index (χ2v) is 2.79. The van der Waals surface area contributed by atoms with Crippen molar-refractivity contribution in [1.29, 1.82) is 0 Å². The van der Waals surface area contributed by atoms with Gasteiger partial charge in [-0.3, -0.25) is 14.3 Å². The highest BCUT2D eigenvalue weighted by molar-refractivity contribution is 5.81. The molecule has 6 heteroatoms. The van der Waals surface area contributed by atoms with E-state index in [0.29, 0.717) is 6.61 Å². The van der Waals surface area contributed by atoms with Crippen LogP contribution < -0.4 is 5.32 Å². The van der Waals surface area contributed by atoms with E-state index in [-0.39, 0.29) is 19.0 Å². The standard InChI is InChI=1S/C9H13N3O3/c1-2-15-9(14)6-10-8(13)7-12-5-3-4-11-12/h3-5H,2,6-7H2,1H3,(H,10,13). The maximum atomic E-state index is 11.2. The van der Waals surface area contributed by atoms with Crippen molar-refractivity contribution in [2.24, 2.45) is 0 Å². The molecule has 1 rings (SSSR count). The van der Waals surface area contributed by atoms with Crippen LogP contribution in [0.4, 0.5) is 0 Å². The average Bonchev–Trinajstić information content (AvgIpc) is 2.68. The molecule has 0 bridgehead atoms. The van der Waals surface area contributed by atoms with Gasteiger partial charge in [-0.15, -0.1) is 0 Å². The van der Waals surface area contributed by atoms with Gasteiger partial charge in [0.15, 0.2) is 0 Å². The highest BCUT2D eigenvalue weighted by Gasteiger charge is 2.06. The second kappa shape index (κ2) is 5.79. The van der Waals surface area contributed by atoms with Gasteiger partial charge in [-0.25, -0.2) is 0 Å². The second-order valence-electron chi connectivity index (χ2n) is 2.79. The average molecular weight is 211 g/mol. The number of nitrogens with zero attached hydrogens (tertiary/aromatic N) is 2. The van der Waals surface area contributed by atoms with Crippen molar-refractivity contribution in [3.63, 3.8) is 0 Å². The molecule has 1 aromatic rings. The van der Waals surface area contributed by atoms with Gasteiger partial charge < -0.3 is 10.1 Å². The van der Waals surface area contributed by atoms with E-state index in [9.17, 15) is 9.59 Å². The Morgan fingerprint density at radius 1 is 1.53 bits per heavy atom. The predicted molar refractivity (Wildman–Crippen MR) is 51.9 cm³/mol. The molecule has 82 valence electrons. The van der Waals surface area contributed by atoms with E-state index in [4.69, 9.17) is 0 Å². The minimum atomic E-state index is -0.439. The van der Waals surface area contributed by atoms with E-state index in [1.165, 1.54) is 4.68 Å². The Labute approximate surface area is 87.2 Å². The van der Waals surface area contributed by atoms with Gasteiger partial charge in [-0.05, 0) is 13.0 Å². The lowest BCUT2D eigenvalue weighted by atomic mass is 10.5. The molecule has 0 unspecified atom stereocenters. The molecule has 15 heavy (non-hydrogen) atoms. The molecule has 0 aliphatic rings. The summed E-state index contributed by atoms with van der Waals surface area (Å²) >= 11 is 0. The van der Waals surface area contributed by atoms with E-state index >= 15 is 0 Å². The van der Waals surface area contributed by atoms with Crippen LogP contribution >= 0.6 is 0 Å². The normalized spacial score (nSPS) is 9.67. The lowest BCUT2D eigenvalue weighted by Crippen LogP contribution is -2.33. The zero-order valence-electron chi connectivity index (χ0n) is 8.47. The van der Waals surface area contributed by atoms with Crippen LogP contribution in [0.25, 0.3) is 0 Å². The number of amides is 1. The molecule has 6 nitrogen and oxygen atoms in total. The van der Waals surface area contributed by atoms with Gasteiger partial charge in [-0.1, -0.05) is 0 Å². The molecule has 0 spiro atoms. The predicted octanol–water partition coefficient (Wildman–Crippen LogP) is -0.438. The summed E-state index contributed by atoms with van der Waals surface area (Å²) in [6.45, 7) is 2.03. The van der Waals surface area contributed by atoms with Crippen LogP contribution in [-0.2, 0) is 20.9 Å². The van der Waals surface area contributed by atoms with Crippen molar-refractivity contribution in [3.05, 3.63) is 18.5 Å².